The molecule has 37 heavy (non-hydrogen) atoms. The molecule has 2 aromatic rings. The van der Waals surface area contributed by atoms with Gasteiger partial charge in [-0.1, -0.05) is 20.3 Å². The summed E-state index contributed by atoms with van der Waals surface area (Å²) in [5, 5.41) is 10.8. The van der Waals surface area contributed by atoms with Crippen LogP contribution in [0, 0.1) is 30.1 Å². The Hall–Kier alpha value is -3.06. The number of rotatable bonds is 6. The van der Waals surface area contributed by atoms with E-state index < -0.39 is 17.5 Å². The number of aliphatic hydroxyl groups is 1. The van der Waals surface area contributed by atoms with Crippen LogP contribution in [0.1, 0.15) is 86.0 Å². The van der Waals surface area contributed by atoms with Crippen LogP contribution in [0.15, 0.2) is 24.3 Å². The van der Waals surface area contributed by atoms with Gasteiger partial charge in [0.1, 0.15) is 23.7 Å². The number of hydrogen-bond donors (Lipinski definition) is 1. The topological polar surface area (TPSA) is 91.3 Å². The number of carbonyl (C=O) groups excluding carboxylic acids is 2. The highest BCUT2D eigenvalue weighted by Crippen LogP contribution is 2.56. The Balaban J connectivity index is 1.53. The van der Waals surface area contributed by atoms with Crippen molar-refractivity contribution in [2.24, 2.45) is 23.2 Å². The highest BCUT2D eigenvalue weighted by molar-refractivity contribution is 5.97. The maximum absolute atomic E-state index is 13.5. The predicted octanol–water partition coefficient (Wildman–Crippen LogP) is 6.28. The van der Waals surface area contributed by atoms with Crippen molar-refractivity contribution in [2.45, 2.75) is 72.5 Å². The lowest BCUT2D eigenvalue weighted by atomic mass is 9.75. The molecule has 0 spiro atoms. The highest BCUT2D eigenvalue weighted by Gasteiger charge is 2.53. The molecule has 2 aliphatic carbocycles. The summed E-state index contributed by atoms with van der Waals surface area (Å²) in [6.45, 7) is 7.89. The van der Waals surface area contributed by atoms with Crippen molar-refractivity contribution in [3.63, 3.8) is 0 Å². The maximum atomic E-state index is 13.5. The zero-order valence-electron chi connectivity index (χ0n) is 22.3. The standard InChI is InChI=1S/C30H36O7/c1-16(2)10-22(31)21-8-9-23-25(27(21)34-5)28(32)35-15-19-11-17(3)12-24(26(19)36-23)37-29(33)30(4)14-18-6-7-20(30)13-18/h8-9,11-12,16,18,20,22,31H,6-7,10,13-15H2,1-5H3/t18?,20?,22-,30+/m0/s1. The van der Waals surface area contributed by atoms with E-state index in [4.69, 9.17) is 18.9 Å². The van der Waals surface area contributed by atoms with Gasteiger partial charge in [0.2, 0.25) is 0 Å². The van der Waals surface area contributed by atoms with E-state index in [0.29, 0.717) is 40.9 Å². The van der Waals surface area contributed by atoms with Crippen molar-refractivity contribution in [1.82, 2.24) is 0 Å². The molecule has 4 atom stereocenters. The molecule has 7 heteroatoms. The number of cyclic esters (lactones) is 1. The molecule has 0 aromatic heterocycles. The second-order valence-corrected chi connectivity index (χ2v) is 11.5. The summed E-state index contributed by atoms with van der Waals surface area (Å²) in [5.41, 5.74) is 1.57. The second-order valence-electron chi connectivity index (χ2n) is 11.5. The zero-order chi connectivity index (χ0) is 26.5. The Morgan fingerprint density at radius 3 is 2.68 bits per heavy atom. The number of aliphatic hydroxyl groups excluding tert-OH is 1. The molecule has 2 unspecified atom stereocenters. The van der Waals surface area contributed by atoms with Crippen molar-refractivity contribution in [3.05, 3.63) is 46.5 Å². The van der Waals surface area contributed by atoms with Crippen molar-refractivity contribution < 1.29 is 33.6 Å². The van der Waals surface area contributed by atoms with Gasteiger partial charge in [0.25, 0.3) is 0 Å². The first-order valence-corrected chi connectivity index (χ1v) is 13.2. The van der Waals surface area contributed by atoms with Crippen LogP contribution < -0.4 is 14.2 Å². The Labute approximate surface area is 218 Å². The monoisotopic (exact) mass is 508 g/mol. The van der Waals surface area contributed by atoms with Crippen LogP contribution in [0.25, 0.3) is 0 Å². The van der Waals surface area contributed by atoms with Gasteiger partial charge in [-0.15, -0.1) is 0 Å². The number of carbonyl (C=O) groups is 2. The van der Waals surface area contributed by atoms with Gasteiger partial charge in [-0.05, 0) is 87.1 Å². The number of ether oxygens (including phenoxy) is 4. The summed E-state index contributed by atoms with van der Waals surface area (Å²) in [7, 11) is 1.45. The number of benzene rings is 2. The van der Waals surface area contributed by atoms with E-state index in [9.17, 15) is 14.7 Å². The summed E-state index contributed by atoms with van der Waals surface area (Å²) in [5.74, 6) is 1.44. The minimum atomic E-state index is -0.813. The third kappa shape index (κ3) is 4.58. The zero-order valence-corrected chi connectivity index (χ0v) is 22.3. The molecule has 0 radical (unpaired) electrons. The first-order chi connectivity index (χ1) is 17.6. The fourth-order valence-corrected chi connectivity index (χ4v) is 6.42. The van der Waals surface area contributed by atoms with E-state index in [1.54, 1.807) is 18.2 Å². The highest BCUT2D eigenvalue weighted by atomic mass is 16.6. The van der Waals surface area contributed by atoms with Gasteiger partial charge in [0.15, 0.2) is 11.5 Å². The minimum absolute atomic E-state index is 0.0519. The van der Waals surface area contributed by atoms with Gasteiger partial charge in [-0.25, -0.2) is 4.79 Å². The van der Waals surface area contributed by atoms with Gasteiger partial charge in [0.05, 0.1) is 18.6 Å². The van der Waals surface area contributed by atoms with Gasteiger partial charge in [-0.3, -0.25) is 4.79 Å². The number of fused-ring (bicyclic) bond motifs is 4. The third-order valence-electron chi connectivity index (χ3n) is 8.28. The molecule has 7 nitrogen and oxygen atoms in total. The third-order valence-corrected chi connectivity index (χ3v) is 8.28. The van der Waals surface area contributed by atoms with Crippen molar-refractivity contribution in [2.75, 3.05) is 7.11 Å². The van der Waals surface area contributed by atoms with E-state index in [2.05, 4.69) is 0 Å². The second kappa shape index (κ2) is 9.67. The van der Waals surface area contributed by atoms with Gasteiger partial charge in [0, 0.05) is 11.1 Å². The molecule has 1 heterocycles. The first kappa shape index (κ1) is 25.6. The van der Waals surface area contributed by atoms with Gasteiger partial charge >= 0.3 is 11.9 Å². The Morgan fingerprint density at radius 1 is 1.24 bits per heavy atom. The molecule has 0 saturated heterocycles. The van der Waals surface area contributed by atoms with Crippen LogP contribution in [0.3, 0.4) is 0 Å². The quantitative estimate of drug-likeness (QED) is 0.363. The maximum Gasteiger partial charge on any atom is 0.346 e. The van der Waals surface area contributed by atoms with Crippen LogP contribution in [0.4, 0.5) is 0 Å². The Kier molecular flexibility index (Phi) is 6.69. The van der Waals surface area contributed by atoms with E-state index in [0.717, 1.165) is 24.8 Å². The molecular formula is C30H36O7. The largest absolute Gasteiger partial charge is 0.495 e. The van der Waals surface area contributed by atoms with Crippen molar-refractivity contribution in [3.8, 4) is 23.0 Å². The Bertz CT molecular complexity index is 1230. The number of esters is 2. The Morgan fingerprint density at radius 2 is 2.03 bits per heavy atom. The molecule has 2 saturated carbocycles. The summed E-state index contributed by atoms with van der Waals surface area (Å²) >= 11 is 0. The van der Waals surface area contributed by atoms with E-state index >= 15 is 0 Å². The molecule has 2 fully saturated rings. The van der Waals surface area contributed by atoms with E-state index in [-0.39, 0.29) is 35.6 Å². The van der Waals surface area contributed by atoms with Crippen LogP contribution in [-0.2, 0) is 16.1 Å². The van der Waals surface area contributed by atoms with Gasteiger partial charge < -0.3 is 24.1 Å². The van der Waals surface area contributed by atoms with Crippen LogP contribution in [0.5, 0.6) is 23.0 Å². The summed E-state index contributed by atoms with van der Waals surface area (Å²) in [6, 6.07) is 6.99. The molecule has 0 amide bonds. The summed E-state index contributed by atoms with van der Waals surface area (Å²) in [4.78, 5) is 26.6. The molecule has 3 aliphatic rings. The predicted molar refractivity (Wildman–Crippen MR) is 137 cm³/mol. The molecular weight excluding hydrogens is 472 g/mol. The van der Waals surface area contributed by atoms with Gasteiger partial charge in [-0.2, -0.15) is 0 Å². The molecule has 1 N–H and O–H groups in total. The lowest BCUT2D eigenvalue weighted by Gasteiger charge is -2.31. The van der Waals surface area contributed by atoms with Crippen LogP contribution >= 0.6 is 0 Å². The van der Waals surface area contributed by atoms with Crippen molar-refractivity contribution in [1.29, 1.82) is 0 Å². The molecule has 5 rings (SSSR count). The fourth-order valence-electron chi connectivity index (χ4n) is 6.42. The minimum Gasteiger partial charge on any atom is -0.495 e. The first-order valence-electron chi connectivity index (χ1n) is 13.2. The lowest BCUT2D eigenvalue weighted by molar-refractivity contribution is -0.148. The average molecular weight is 509 g/mol. The van der Waals surface area contributed by atoms with Crippen LogP contribution in [0.2, 0.25) is 0 Å². The average Bonchev–Trinajstić information content (AvgIpc) is 3.43. The number of hydrogen-bond acceptors (Lipinski definition) is 7. The van der Waals surface area contributed by atoms with Crippen LogP contribution in [-0.4, -0.2) is 24.2 Å². The fraction of sp³-hybridized carbons (Fsp3) is 0.533. The smallest absolute Gasteiger partial charge is 0.346 e. The number of methoxy groups -OCH3 is 1. The molecule has 1 aliphatic heterocycles. The van der Waals surface area contributed by atoms with E-state index in [1.165, 1.54) is 13.5 Å². The normalized spacial score (nSPS) is 24.9. The lowest BCUT2D eigenvalue weighted by Crippen LogP contribution is -2.37. The summed E-state index contributed by atoms with van der Waals surface area (Å²) in [6.07, 6.45) is 3.88. The summed E-state index contributed by atoms with van der Waals surface area (Å²) < 4.78 is 23.6. The SMILES string of the molecule is COc1c([C@@H](O)CC(C)C)ccc2c1C(=O)OCc1cc(C)cc(OC(=O)[C@]3(C)CC4CCC3C4)c1O2. The van der Waals surface area contributed by atoms with E-state index in [1.807, 2.05) is 33.8 Å². The molecule has 2 aromatic carbocycles. The molecule has 198 valence electrons. The number of aryl methyl sites for hydroxylation is 1. The molecule has 2 bridgehead atoms. The van der Waals surface area contributed by atoms with Crippen molar-refractivity contribution >= 4 is 11.9 Å².